The first-order chi connectivity index (χ1) is 23.4. The molecule has 0 N–H and O–H groups in total. The summed E-state index contributed by atoms with van der Waals surface area (Å²) >= 11 is 0. The second-order valence-corrected chi connectivity index (χ2v) is 9.64. The SMILES string of the molecule is N#Cc1cc(C#N)c2nc1Oc1cc3cc(c1)Oc1nc(c(C#N)cc1C#N)Oc1cc(cc(c1)Oc1nc(c(C#N)cc1C#N)O3)O2. The van der Waals surface area contributed by atoms with E-state index in [1.165, 1.54) is 54.6 Å². The molecule has 0 radical (unpaired) electrons. The molecule has 0 unspecified atom stereocenters. The number of nitriles is 6. The monoisotopic (exact) mass is 627 g/mol. The van der Waals surface area contributed by atoms with Gasteiger partial charge in [-0.25, -0.2) is 0 Å². The Morgan fingerprint density at radius 3 is 0.604 bits per heavy atom. The summed E-state index contributed by atoms with van der Waals surface area (Å²) in [7, 11) is 0. The van der Waals surface area contributed by atoms with Crippen molar-refractivity contribution in [2.24, 2.45) is 0 Å². The summed E-state index contributed by atoms with van der Waals surface area (Å²) in [5.41, 5.74) is -0.715. The van der Waals surface area contributed by atoms with Crippen LogP contribution in [-0.2, 0) is 0 Å². The van der Waals surface area contributed by atoms with E-state index in [2.05, 4.69) is 15.0 Å². The van der Waals surface area contributed by atoms with Gasteiger partial charge in [-0.2, -0.15) is 46.5 Å². The quantitative estimate of drug-likeness (QED) is 0.175. The van der Waals surface area contributed by atoms with Crippen LogP contribution in [-0.4, -0.2) is 15.0 Å². The zero-order chi connectivity index (χ0) is 33.4. The number of nitrogens with zero attached hydrogens (tertiary/aromatic N) is 9. The van der Waals surface area contributed by atoms with Gasteiger partial charge in [-0.1, -0.05) is 0 Å². The van der Waals surface area contributed by atoms with Crippen LogP contribution in [0.4, 0.5) is 0 Å². The van der Waals surface area contributed by atoms with Crippen molar-refractivity contribution in [3.05, 3.63) is 88.0 Å². The topological polar surface area (TPSA) is 237 Å². The van der Waals surface area contributed by atoms with Crippen molar-refractivity contribution in [3.63, 3.8) is 0 Å². The molecule has 0 fully saturated rings. The zero-order valence-corrected chi connectivity index (χ0v) is 23.7. The van der Waals surface area contributed by atoms with Crippen LogP contribution in [0.25, 0.3) is 0 Å². The minimum absolute atomic E-state index is 0.0297. The molecule has 0 aliphatic carbocycles. The van der Waals surface area contributed by atoms with Gasteiger partial charge in [0.25, 0.3) is 0 Å². The fourth-order valence-corrected chi connectivity index (χ4v) is 4.50. The third-order valence-corrected chi connectivity index (χ3v) is 6.57. The van der Waals surface area contributed by atoms with Gasteiger partial charge in [-0.05, 0) is 18.2 Å². The summed E-state index contributed by atoms with van der Waals surface area (Å²) in [5, 5.41) is 59.1. The molecule has 0 atom stereocenters. The maximum absolute atomic E-state index is 9.86. The molecule has 48 heavy (non-hydrogen) atoms. The van der Waals surface area contributed by atoms with E-state index in [9.17, 15) is 31.6 Å². The Morgan fingerprint density at radius 1 is 0.292 bits per heavy atom. The molecule has 3 aliphatic heterocycles. The van der Waals surface area contributed by atoms with Crippen LogP contribution >= 0.6 is 0 Å². The third kappa shape index (κ3) is 5.09. The summed E-state index contributed by atoms with van der Waals surface area (Å²) < 4.78 is 36.0. The Labute approximate surface area is 269 Å². The molecule has 222 valence electrons. The van der Waals surface area contributed by atoms with Gasteiger partial charge >= 0.3 is 0 Å². The van der Waals surface area contributed by atoms with Gasteiger partial charge < -0.3 is 28.4 Å². The molecule has 0 saturated heterocycles. The van der Waals surface area contributed by atoms with Gasteiger partial charge in [0.2, 0.25) is 35.3 Å². The lowest BCUT2D eigenvalue weighted by Crippen LogP contribution is -2.03. The van der Waals surface area contributed by atoms with Gasteiger partial charge in [0.1, 0.15) is 104 Å². The average molecular weight is 627 g/mol. The van der Waals surface area contributed by atoms with E-state index in [-0.39, 0.29) is 103 Å². The van der Waals surface area contributed by atoms with Gasteiger partial charge in [0.05, 0.1) is 0 Å². The van der Waals surface area contributed by atoms with Crippen LogP contribution < -0.4 is 28.4 Å². The lowest BCUT2D eigenvalue weighted by molar-refractivity contribution is 0.387. The molecule has 0 saturated carbocycles. The number of ether oxygens (including phenoxy) is 6. The normalized spacial score (nSPS) is 11.4. The number of hydrogen-bond acceptors (Lipinski definition) is 15. The maximum atomic E-state index is 9.86. The van der Waals surface area contributed by atoms with Crippen molar-refractivity contribution < 1.29 is 28.4 Å². The second-order valence-electron chi connectivity index (χ2n) is 9.64. The van der Waals surface area contributed by atoms with Gasteiger partial charge in [-0.15, -0.1) is 0 Å². The molecule has 15 heteroatoms. The highest BCUT2D eigenvalue weighted by Crippen LogP contribution is 2.42. The Bertz CT molecular complexity index is 2050. The van der Waals surface area contributed by atoms with Crippen molar-refractivity contribution in [3.8, 4) is 106 Å². The van der Waals surface area contributed by atoms with Gasteiger partial charge in [0, 0.05) is 36.4 Å². The van der Waals surface area contributed by atoms with Crippen LogP contribution in [0.5, 0.6) is 69.8 Å². The highest BCUT2D eigenvalue weighted by atomic mass is 16.5. The Morgan fingerprint density at radius 2 is 0.458 bits per heavy atom. The summed E-state index contributed by atoms with van der Waals surface area (Å²) in [6.07, 6.45) is 0. The molecule has 3 aliphatic rings. The molecular weight excluding hydrogens is 618 g/mol. The first kappa shape index (κ1) is 28.4. The molecule has 3 aromatic heterocycles. The van der Waals surface area contributed by atoms with Crippen LogP contribution in [0.1, 0.15) is 33.4 Å². The molecule has 0 amide bonds. The average Bonchev–Trinajstić information content (AvgIpc) is 3.08. The maximum Gasteiger partial charge on any atom is 0.240 e. The summed E-state index contributed by atoms with van der Waals surface area (Å²) in [6.45, 7) is 0. The van der Waals surface area contributed by atoms with E-state index < -0.39 is 0 Å². The smallest absolute Gasteiger partial charge is 0.240 e. The van der Waals surface area contributed by atoms with E-state index in [0.717, 1.165) is 0 Å². The van der Waals surface area contributed by atoms with E-state index in [1.807, 2.05) is 36.4 Å². The van der Waals surface area contributed by atoms with Crippen LogP contribution in [0.2, 0.25) is 0 Å². The van der Waals surface area contributed by atoms with Crippen molar-refractivity contribution in [2.75, 3.05) is 0 Å². The van der Waals surface area contributed by atoms with Crippen molar-refractivity contribution in [2.45, 2.75) is 0 Å². The minimum atomic E-state index is -0.259. The first-order valence-electron chi connectivity index (χ1n) is 13.3. The number of aromatic nitrogens is 3. The summed E-state index contributed by atoms with van der Waals surface area (Å²) in [4.78, 5) is 12.9. The fraction of sp³-hybridized carbons (Fsp3) is 0. The first-order valence-corrected chi connectivity index (χ1v) is 13.3. The number of rotatable bonds is 0. The molecule has 6 heterocycles. The van der Waals surface area contributed by atoms with Gasteiger partial charge in [0.15, 0.2) is 0 Å². The molecular formula is C33H9N9O6. The van der Waals surface area contributed by atoms with E-state index in [4.69, 9.17) is 28.4 Å². The van der Waals surface area contributed by atoms with E-state index in [0.29, 0.717) is 0 Å². The fourth-order valence-electron chi connectivity index (χ4n) is 4.50. The standard InChI is InChI=1S/C33H9N9O6/c34-10-16-1-17(11-35)29-40-28(16)43-22-4-24-8-26(6-22)47-32-20(14-38)3-21(15-39)33(42-32)48-27-7-23(44-29)5-25(9-27)46-31-19(13-37)2-18(12-36)30(41-31)45-24/h1-9H. The highest BCUT2D eigenvalue weighted by Gasteiger charge is 2.23. The predicted molar refractivity (Wildman–Crippen MR) is 154 cm³/mol. The van der Waals surface area contributed by atoms with E-state index in [1.54, 1.807) is 0 Å². The molecule has 12 bridgehead atoms. The van der Waals surface area contributed by atoms with Crippen LogP contribution in [0, 0.1) is 68.0 Å². The second kappa shape index (κ2) is 11.3. The van der Waals surface area contributed by atoms with Gasteiger partial charge in [-0.3, -0.25) is 0 Å². The Kier molecular flexibility index (Phi) is 6.68. The molecule has 2 aromatic carbocycles. The summed E-state index contributed by atoms with van der Waals surface area (Å²) in [5.74, 6) is -1.73. The Balaban J connectivity index is 1.59. The largest absolute Gasteiger partial charge is 0.437 e. The number of benzene rings is 2. The van der Waals surface area contributed by atoms with Crippen LogP contribution in [0.3, 0.4) is 0 Å². The van der Waals surface area contributed by atoms with Crippen molar-refractivity contribution in [1.82, 2.24) is 15.0 Å². The van der Waals surface area contributed by atoms with Crippen LogP contribution in [0.15, 0.2) is 54.6 Å². The van der Waals surface area contributed by atoms with E-state index >= 15 is 0 Å². The molecule has 5 aromatic rings. The lowest BCUT2D eigenvalue weighted by Gasteiger charge is -2.18. The minimum Gasteiger partial charge on any atom is -0.437 e. The zero-order valence-electron chi connectivity index (χ0n) is 23.7. The predicted octanol–water partition coefficient (Wildman–Crippen LogP) is 6.48. The highest BCUT2D eigenvalue weighted by molar-refractivity contribution is 5.58. The molecule has 8 rings (SSSR count). The Hall–Kier alpha value is -8.37. The van der Waals surface area contributed by atoms with Crippen molar-refractivity contribution >= 4 is 0 Å². The third-order valence-electron chi connectivity index (χ3n) is 6.57. The molecule has 15 nitrogen and oxygen atoms in total. The molecule has 0 spiro atoms. The number of hydrogen-bond donors (Lipinski definition) is 0. The van der Waals surface area contributed by atoms with Crippen molar-refractivity contribution in [1.29, 1.82) is 31.6 Å². The number of pyridine rings is 3. The lowest BCUT2D eigenvalue weighted by atomic mass is 10.2. The summed E-state index contributed by atoms with van der Waals surface area (Å²) in [6, 6.07) is 23.4.